The second-order valence-electron chi connectivity index (χ2n) is 8.30. The standard InChI is InChI=1S/C24H20F3N5O/c1-12-6-21(33)32-23(29-12)13(2)14(3)24(30-32)31-5-4-20-16(11-31)7-15(10-28-20)18-8-17(25)9-19(26)22(18)27/h6-10H,4-5,11H2,1-3H3. The third-order valence-electron chi connectivity index (χ3n) is 6.10. The molecule has 1 aliphatic heterocycles. The Kier molecular flexibility index (Phi) is 4.92. The molecular weight excluding hydrogens is 431 g/mol. The van der Waals surface area contributed by atoms with Gasteiger partial charge in [0.2, 0.25) is 0 Å². The Labute approximate surface area is 187 Å². The van der Waals surface area contributed by atoms with Crippen LogP contribution in [0.1, 0.15) is 28.1 Å². The van der Waals surface area contributed by atoms with Crippen molar-refractivity contribution in [3.63, 3.8) is 0 Å². The van der Waals surface area contributed by atoms with Gasteiger partial charge in [0.1, 0.15) is 5.82 Å². The Morgan fingerprint density at radius 2 is 1.79 bits per heavy atom. The van der Waals surface area contributed by atoms with Crippen molar-refractivity contribution < 1.29 is 13.2 Å². The molecule has 0 unspecified atom stereocenters. The van der Waals surface area contributed by atoms with E-state index < -0.39 is 17.5 Å². The normalized spacial score (nSPS) is 13.5. The molecule has 33 heavy (non-hydrogen) atoms. The predicted octanol–water partition coefficient (Wildman–Crippen LogP) is 4.06. The van der Waals surface area contributed by atoms with Crippen LogP contribution < -0.4 is 10.5 Å². The SMILES string of the molecule is Cc1cc(=O)n2nc(N3CCc4ncc(-c5cc(F)cc(F)c5F)cc4C3)c(C)c(C)c2n1. The van der Waals surface area contributed by atoms with Gasteiger partial charge in [0, 0.05) is 71.5 Å². The van der Waals surface area contributed by atoms with E-state index in [0.717, 1.165) is 28.5 Å². The molecule has 4 heterocycles. The van der Waals surface area contributed by atoms with E-state index in [1.165, 1.54) is 16.8 Å². The van der Waals surface area contributed by atoms with Gasteiger partial charge in [-0.05, 0) is 38.5 Å². The smallest absolute Gasteiger partial charge is 0.274 e. The van der Waals surface area contributed by atoms with E-state index in [-0.39, 0.29) is 11.1 Å². The fourth-order valence-corrected chi connectivity index (χ4v) is 4.26. The lowest BCUT2D eigenvalue weighted by Crippen LogP contribution is -2.34. The van der Waals surface area contributed by atoms with Crippen LogP contribution in [0.25, 0.3) is 16.8 Å². The lowest BCUT2D eigenvalue weighted by atomic mass is 9.99. The van der Waals surface area contributed by atoms with Crippen LogP contribution in [0.5, 0.6) is 0 Å². The van der Waals surface area contributed by atoms with Crippen molar-refractivity contribution in [3.8, 4) is 11.1 Å². The summed E-state index contributed by atoms with van der Waals surface area (Å²) < 4.78 is 43.1. The number of fused-ring (bicyclic) bond motifs is 2. The van der Waals surface area contributed by atoms with Gasteiger partial charge in [0.25, 0.3) is 5.56 Å². The summed E-state index contributed by atoms with van der Waals surface area (Å²) in [4.78, 5) is 23.4. The Hall–Kier alpha value is -3.75. The molecule has 4 aromatic rings. The average Bonchev–Trinajstić information content (AvgIpc) is 2.78. The van der Waals surface area contributed by atoms with Crippen molar-refractivity contribution in [1.29, 1.82) is 0 Å². The van der Waals surface area contributed by atoms with Crippen molar-refractivity contribution >= 4 is 11.5 Å². The number of aromatic nitrogens is 4. The van der Waals surface area contributed by atoms with Crippen molar-refractivity contribution in [2.24, 2.45) is 0 Å². The van der Waals surface area contributed by atoms with E-state index in [4.69, 9.17) is 0 Å². The summed E-state index contributed by atoms with van der Waals surface area (Å²) in [6.07, 6.45) is 2.04. The van der Waals surface area contributed by atoms with Crippen molar-refractivity contribution in [1.82, 2.24) is 19.6 Å². The van der Waals surface area contributed by atoms with Crippen molar-refractivity contribution in [2.45, 2.75) is 33.7 Å². The number of rotatable bonds is 2. The van der Waals surface area contributed by atoms with Crippen molar-refractivity contribution in [2.75, 3.05) is 11.4 Å². The molecule has 1 aromatic carbocycles. The minimum Gasteiger partial charge on any atom is -0.350 e. The predicted molar refractivity (Wildman–Crippen MR) is 118 cm³/mol. The third kappa shape index (κ3) is 3.53. The molecule has 6 nitrogen and oxygen atoms in total. The first-order chi connectivity index (χ1) is 15.7. The number of benzene rings is 1. The first kappa shape index (κ1) is 21.1. The molecule has 168 valence electrons. The highest BCUT2D eigenvalue weighted by atomic mass is 19.2. The van der Waals surface area contributed by atoms with Gasteiger partial charge in [-0.25, -0.2) is 18.2 Å². The summed E-state index contributed by atoms with van der Waals surface area (Å²) in [6.45, 7) is 6.63. The van der Waals surface area contributed by atoms with Gasteiger partial charge in [-0.2, -0.15) is 4.52 Å². The highest BCUT2D eigenvalue weighted by molar-refractivity contribution is 5.66. The third-order valence-corrected chi connectivity index (χ3v) is 6.10. The van der Waals surface area contributed by atoms with Gasteiger partial charge in [-0.3, -0.25) is 9.78 Å². The van der Waals surface area contributed by atoms with Crippen LogP contribution in [0, 0.1) is 38.2 Å². The van der Waals surface area contributed by atoms with Crippen LogP contribution >= 0.6 is 0 Å². The number of nitrogens with zero attached hydrogens (tertiary/aromatic N) is 5. The van der Waals surface area contributed by atoms with Crippen LogP contribution in [0.4, 0.5) is 19.0 Å². The zero-order chi connectivity index (χ0) is 23.4. The van der Waals surface area contributed by atoms with E-state index in [1.807, 2.05) is 18.7 Å². The van der Waals surface area contributed by atoms with Gasteiger partial charge in [0.05, 0.1) is 0 Å². The first-order valence-electron chi connectivity index (χ1n) is 10.5. The summed E-state index contributed by atoms with van der Waals surface area (Å²) >= 11 is 0. The minimum atomic E-state index is -1.25. The Bertz CT molecular complexity index is 1500. The lowest BCUT2D eigenvalue weighted by molar-refractivity contribution is 0.497. The fraction of sp³-hybridized carbons (Fsp3) is 0.250. The molecular formula is C24H20F3N5O. The first-order valence-corrected chi connectivity index (χ1v) is 10.5. The van der Waals surface area contributed by atoms with E-state index in [1.54, 1.807) is 13.0 Å². The summed E-state index contributed by atoms with van der Waals surface area (Å²) in [6, 6.07) is 4.61. The number of hydrogen-bond donors (Lipinski definition) is 0. The molecule has 1 aliphatic rings. The maximum absolute atomic E-state index is 14.3. The molecule has 0 atom stereocenters. The average molecular weight is 451 g/mol. The van der Waals surface area contributed by atoms with E-state index in [2.05, 4.69) is 15.1 Å². The molecule has 0 N–H and O–H groups in total. The highest BCUT2D eigenvalue weighted by Gasteiger charge is 2.24. The minimum absolute atomic E-state index is 0.177. The quantitative estimate of drug-likeness (QED) is 0.430. The van der Waals surface area contributed by atoms with Gasteiger partial charge in [-0.15, -0.1) is 5.10 Å². The van der Waals surface area contributed by atoms with Crippen molar-refractivity contribution in [3.05, 3.63) is 86.3 Å². The van der Waals surface area contributed by atoms with Crippen LogP contribution in [0.3, 0.4) is 0 Å². The molecule has 0 aliphatic carbocycles. The van der Waals surface area contributed by atoms with Crippen LogP contribution in [-0.2, 0) is 13.0 Å². The van der Waals surface area contributed by atoms with E-state index >= 15 is 0 Å². The van der Waals surface area contributed by atoms with Gasteiger partial charge >= 0.3 is 0 Å². The molecule has 0 radical (unpaired) electrons. The van der Waals surface area contributed by atoms with Crippen LogP contribution in [0.2, 0.25) is 0 Å². The molecule has 0 bridgehead atoms. The maximum Gasteiger partial charge on any atom is 0.274 e. The largest absolute Gasteiger partial charge is 0.350 e. The number of hydrogen-bond acceptors (Lipinski definition) is 5. The van der Waals surface area contributed by atoms with E-state index in [9.17, 15) is 18.0 Å². The Morgan fingerprint density at radius 1 is 1.00 bits per heavy atom. The molecule has 9 heteroatoms. The number of anilines is 1. The fourth-order valence-electron chi connectivity index (χ4n) is 4.26. The van der Waals surface area contributed by atoms with E-state index in [0.29, 0.717) is 48.3 Å². The number of aryl methyl sites for hydroxylation is 2. The second kappa shape index (κ2) is 7.68. The Morgan fingerprint density at radius 3 is 2.58 bits per heavy atom. The van der Waals surface area contributed by atoms with Crippen LogP contribution in [0.15, 0.2) is 35.3 Å². The molecule has 0 amide bonds. The second-order valence-corrected chi connectivity index (χ2v) is 8.30. The zero-order valence-corrected chi connectivity index (χ0v) is 18.3. The topological polar surface area (TPSA) is 63.4 Å². The summed E-state index contributed by atoms with van der Waals surface area (Å²) in [7, 11) is 0. The molecule has 5 rings (SSSR count). The Balaban J connectivity index is 1.57. The lowest BCUT2D eigenvalue weighted by Gasteiger charge is -2.31. The number of halogens is 3. The summed E-state index contributed by atoms with van der Waals surface area (Å²) in [5.41, 5.74) is 4.40. The molecule has 0 fully saturated rings. The van der Waals surface area contributed by atoms with Gasteiger partial charge < -0.3 is 4.90 Å². The molecule has 0 saturated heterocycles. The highest BCUT2D eigenvalue weighted by Crippen LogP contribution is 2.31. The summed E-state index contributed by atoms with van der Waals surface area (Å²) in [5, 5.41) is 4.58. The zero-order valence-electron chi connectivity index (χ0n) is 18.3. The molecule has 0 saturated carbocycles. The summed E-state index contributed by atoms with van der Waals surface area (Å²) in [5.74, 6) is -2.57. The van der Waals surface area contributed by atoms with Crippen LogP contribution in [-0.4, -0.2) is 26.1 Å². The van der Waals surface area contributed by atoms with Gasteiger partial charge in [-0.1, -0.05) is 0 Å². The molecule has 0 spiro atoms. The maximum atomic E-state index is 14.3. The van der Waals surface area contributed by atoms with Gasteiger partial charge in [0.15, 0.2) is 23.1 Å². The number of pyridine rings is 1. The molecule has 3 aromatic heterocycles. The monoisotopic (exact) mass is 451 g/mol.